The van der Waals surface area contributed by atoms with Crippen molar-refractivity contribution in [3.05, 3.63) is 42.4 Å². The number of nitrogens with one attached hydrogen (secondary N) is 1. The van der Waals surface area contributed by atoms with Crippen LogP contribution in [0.1, 0.15) is 16.9 Å². The number of fused-ring (bicyclic) bond motifs is 1. The molecule has 0 aliphatic carbocycles. The molecule has 1 aliphatic rings. The fraction of sp³-hybridized carbons (Fsp3) is 0.316. The average Bonchev–Trinajstić information content (AvgIpc) is 3.33. The monoisotopic (exact) mass is 368 g/mol. The molecule has 2 aromatic heterocycles. The van der Waals surface area contributed by atoms with Gasteiger partial charge in [-0.05, 0) is 18.2 Å². The highest BCUT2D eigenvalue weighted by Gasteiger charge is 2.29. The Morgan fingerprint density at radius 3 is 2.85 bits per heavy atom. The molecule has 1 saturated heterocycles. The first-order chi connectivity index (χ1) is 13.2. The first-order valence-electron chi connectivity index (χ1n) is 8.65. The minimum absolute atomic E-state index is 0.0482. The number of rotatable bonds is 5. The molecule has 8 nitrogen and oxygen atoms in total. The van der Waals surface area contributed by atoms with Crippen molar-refractivity contribution in [2.75, 3.05) is 27.3 Å². The van der Waals surface area contributed by atoms with Crippen molar-refractivity contribution < 1.29 is 19.0 Å². The molecule has 0 radical (unpaired) electrons. The number of carbonyl (C=O) groups is 1. The molecule has 4 rings (SSSR count). The summed E-state index contributed by atoms with van der Waals surface area (Å²) in [6.07, 6.45) is 3.67. The predicted octanol–water partition coefficient (Wildman–Crippen LogP) is 2.27. The first kappa shape index (κ1) is 17.1. The topological polar surface area (TPSA) is 89.6 Å². The van der Waals surface area contributed by atoms with Crippen molar-refractivity contribution in [1.29, 1.82) is 0 Å². The van der Waals surface area contributed by atoms with Crippen LogP contribution < -0.4 is 14.2 Å². The fourth-order valence-electron chi connectivity index (χ4n) is 3.18. The first-order valence-corrected chi connectivity index (χ1v) is 8.65. The van der Waals surface area contributed by atoms with E-state index >= 15 is 0 Å². The molecule has 0 saturated carbocycles. The van der Waals surface area contributed by atoms with Crippen LogP contribution in [-0.4, -0.2) is 59.2 Å². The van der Waals surface area contributed by atoms with E-state index in [0.717, 1.165) is 23.1 Å². The second-order valence-corrected chi connectivity index (χ2v) is 6.32. The highest BCUT2D eigenvalue weighted by Crippen LogP contribution is 2.24. The zero-order valence-electron chi connectivity index (χ0n) is 15.1. The zero-order valence-corrected chi connectivity index (χ0v) is 15.1. The smallest absolute Gasteiger partial charge is 0.270 e. The van der Waals surface area contributed by atoms with Crippen LogP contribution >= 0.6 is 0 Å². The lowest BCUT2D eigenvalue weighted by Gasteiger charge is -2.16. The molecule has 1 amide bonds. The summed E-state index contributed by atoms with van der Waals surface area (Å²) in [4.78, 5) is 26.0. The Hall–Kier alpha value is -3.29. The van der Waals surface area contributed by atoms with E-state index in [1.54, 1.807) is 12.0 Å². The van der Waals surface area contributed by atoms with Crippen molar-refractivity contribution in [3.63, 3.8) is 0 Å². The summed E-state index contributed by atoms with van der Waals surface area (Å²) in [6, 6.07) is 7.54. The molecule has 1 aliphatic heterocycles. The Bertz CT molecular complexity index is 971. The van der Waals surface area contributed by atoms with E-state index in [0.29, 0.717) is 30.5 Å². The molecule has 1 N–H and O–H groups in total. The molecule has 3 aromatic rings. The van der Waals surface area contributed by atoms with Gasteiger partial charge in [-0.25, -0.2) is 0 Å². The lowest BCUT2D eigenvalue weighted by molar-refractivity contribution is 0.0766. The van der Waals surface area contributed by atoms with Crippen molar-refractivity contribution in [2.24, 2.45) is 0 Å². The van der Waals surface area contributed by atoms with Gasteiger partial charge in [0, 0.05) is 29.9 Å². The molecule has 27 heavy (non-hydrogen) atoms. The fourth-order valence-corrected chi connectivity index (χ4v) is 3.18. The van der Waals surface area contributed by atoms with Crippen LogP contribution in [0.3, 0.4) is 0 Å². The van der Waals surface area contributed by atoms with Gasteiger partial charge in [-0.3, -0.25) is 9.78 Å². The van der Waals surface area contributed by atoms with Crippen LogP contribution in [0.15, 0.2) is 36.7 Å². The quantitative estimate of drug-likeness (QED) is 0.743. The zero-order chi connectivity index (χ0) is 18.8. The van der Waals surface area contributed by atoms with Gasteiger partial charge in [0.15, 0.2) is 0 Å². The summed E-state index contributed by atoms with van der Waals surface area (Å²) >= 11 is 0. The Balaban J connectivity index is 1.44. The van der Waals surface area contributed by atoms with E-state index < -0.39 is 0 Å². The van der Waals surface area contributed by atoms with Gasteiger partial charge in [-0.2, -0.15) is 4.98 Å². The Morgan fingerprint density at radius 1 is 1.19 bits per heavy atom. The van der Waals surface area contributed by atoms with Crippen molar-refractivity contribution >= 4 is 16.8 Å². The summed E-state index contributed by atoms with van der Waals surface area (Å²) in [5.41, 5.74) is 1.43. The van der Waals surface area contributed by atoms with Crippen LogP contribution in [0.2, 0.25) is 0 Å². The SMILES string of the molecule is COc1ccc2cc(C(=O)N3CC[C@H](Oc4cncc(OC)n4)C3)[nH]c2c1. The number of methoxy groups -OCH3 is 2. The maximum absolute atomic E-state index is 12.8. The number of hydrogen-bond donors (Lipinski definition) is 1. The van der Waals surface area contributed by atoms with Gasteiger partial charge in [0.05, 0.1) is 33.2 Å². The molecule has 0 unspecified atom stereocenters. The summed E-state index contributed by atoms with van der Waals surface area (Å²) in [5, 5.41) is 0.970. The van der Waals surface area contributed by atoms with Crippen LogP contribution in [-0.2, 0) is 0 Å². The summed E-state index contributed by atoms with van der Waals surface area (Å²) < 4.78 is 16.1. The van der Waals surface area contributed by atoms with Gasteiger partial charge < -0.3 is 24.1 Å². The number of hydrogen-bond acceptors (Lipinski definition) is 6. The highest BCUT2D eigenvalue weighted by atomic mass is 16.5. The number of carbonyl (C=O) groups excluding carboxylic acids is 1. The van der Waals surface area contributed by atoms with Gasteiger partial charge in [0.1, 0.15) is 17.5 Å². The van der Waals surface area contributed by atoms with Crippen LogP contribution in [0, 0.1) is 0 Å². The van der Waals surface area contributed by atoms with Crippen LogP contribution in [0.5, 0.6) is 17.5 Å². The number of H-pyrrole nitrogens is 1. The lowest BCUT2D eigenvalue weighted by Crippen LogP contribution is -2.31. The summed E-state index contributed by atoms with van der Waals surface area (Å²) in [6.45, 7) is 1.12. The van der Waals surface area contributed by atoms with Gasteiger partial charge in [-0.1, -0.05) is 0 Å². The largest absolute Gasteiger partial charge is 0.497 e. The van der Waals surface area contributed by atoms with E-state index in [1.165, 1.54) is 19.5 Å². The summed E-state index contributed by atoms with van der Waals surface area (Å²) in [5.74, 6) is 1.49. The van der Waals surface area contributed by atoms with E-state index in [-0.39, 0.29) is 12.0 Å². The molecule has 3 heterocycles. The van der Waals surface area contributed by atoms with Crippen molar-refractivity contribution in [1.82, 2.24) is 19.9 Å². The maximum Gasteiger partial charge on any atom is 0.270 e. The molecular weight excluding hydrogens is 348 g/mol. The molecule has 0 bridgehead atoms. The molecular formula is C19H20N4O4. The molecule has 8 heteroatoms. The molecule has 1 fully saturated rings. The third-order valence-electron chi connectivity index (χ3n) is 4.58. The third-order valence-corrected chi connectivity index (χ3v) is 4.58. The van der Waals surface area contributed by atoms with E-state index in [4.69, 9.17) is 14.2 Å². The Labute approximate surface area is 156 Å². The third kappa shape index (κ3) is 3.51. The normalized spacial score (nSPS) is 16.5. The average molecular weight is 368 g/mol. The molecule has 0 spiro atoms. The van der Waals surface area contributed by atoms with E-state index in [2.05, 4.69) is 15.0 Å². The van der Waals surface area contributed by atoms with Crippen molar-refractivity contribution in [2.45, 2.75) is 12.5 Å². The molecule has 1 atom stereocenters. The maximum atomic E-state index is 12.8. The number of aromatic nitrogens is 3. The Kier molecular flexibility index (Phi) is 4.53. The lowest BCUT2D eigenvalue weighted by atomic mass is 10.2. The number of likely N-dealkylation sites (tertiary alicyclic amines) is 1. The van der Waals surface area contributed by atoms with E-state index in [1.807, 2.05) is 24.3 Å². The predicted molar refractivity (Wildman–Crippen MR) is 98.4 cm³/mol. The van der Waals surface area contributed by atoms with Crippen LogP contribution in [0.25, 0.3) is 10.9 Å². The number of amides is 1. The molecule has 140 valence electrons. The minimum Gasteiger partial charge on any atom is -0.497 e. The summed E-state index contributed by atoms with van der Waals surface area (Å²) in [7, 11) is 3.15. The second kappa shape index (κ2) is 7.14. The molecule has 1 aromatic carbocycles. The highest BCUT2D eigenvalue weighted by molar-refractivity contribution is 5.98. The standard InChI is InChI=1S/C19H20N4O4/c1-25-13-4-3-12-7-16(21-15(12)8-13)19(24)23-6-5-14(11-23)27-18-10-20-9-17(22-18)26-2/h3-4,7-10,14,21H,5-6,11H2,1-2H3/t14-/m0/s1. The number of nitrogens with zero attached hydrogens (tertiary/aromatic N) is 3. The van der Waals surface area contributed by atoms with Crippen molar-refractivity contribution in [3.8, 4) is 17.5 Å². The van der Waals surface area contributed by atoms with E-state index in [9.17, 15) is 4.79 Å². The van der Waals surface area contributed by atoms with Gasteiger partial charge in [-0.15, -0.1) is 0 Å². The van der Waals surface area contributed by atoms with Gasteiger partial charge in [0.2, 0.25) is 11.8 Å². The minimum atomic E-state index is -0.125. The van der Waals surface area contributed by atoms with Gasteiger partial charge in [0.25, 0.3) is 5.91 Å². The number of ether oxygens (including phenoxy) is 3. The second-order valence-electron chi connectivity index (χ2n) is 6.32. The number of benzene rings is 1. The van der Waals surface area contributed by atoms with Gasteiger partial charge >= 0.3 is 0 Å². The number of aromatic amines is 1. The Morgan fingerprint density at radius 2 is 2.04 bits per heavy atom. The van der Waals surface area contributed by atoms with Crippen LogP contribution in [0.4, 0.5) is 0 Å².